The van der Waals surface area contributed by atoms with Crippen molar-refractivity contribution in [2.45, 2.75) is 32.6 Å². The molecule has 0 saturated carbocycles. The number of unbranched alkanes of at least 4 members (excludes halogenated alkanes) is 2. The first-order valence-corrected chi connectivity index (χ1v) is 5.15. The summed E-state index contributed by atoms with van der Waals surface area (Å²) in [5.41, 5.74) is 0. The second kappa shape index (κ2) is 8.05. The molecule has 66 valence electrons. The van der Waals surface area contributed by atoms with Gasteiger partial charge in [-0.25, -0.2) is 0 Å². The minimum Gasteiger partial charge on any atom is -0.466 e. The van der Waals surface area contributed by atoms with Gasteiger partial charge >= 0.3 is 5.97 Å². The van der Waals surface area contributed by atoms with E-state index in [0.717, 1.165) is 24.6 Å². The molecule has 0 saturated heterocycles. The Labute approximate surface area is 76.4 Å². The van der Waals surface area contributed by atoms with Gasteiger partial charge in [0.15, 0.2) is 0 Å². The maximum absolute atomic E-state index is 10.6. The summed E-state index contributed by atoms with van der Waals surface area (Å²) in [5.74, 6) is -0.0937. The molecule has 0 spiro atoms. The second-order valence-corrected chi connectivity index (χ2v) is 3.12. The van der Waals surface area contributed by atoms with Crippen molar-refractivity contribution in [1.29, 1.82) is 0 Å². The Morgan fingerprint density at radius 1 is 1.36 bits per heavy atom. The zero-order valence-electron chi connectivity index (χ0n) is 6.94. The average molecular weight is 223 g/mol. The van der Waals surface area contributed by atoms with E-state index in [-0.39, 0.29) is 5.97 Å². The van der Waals surface area contributed by atoms with Crippen LogP contribution in [-0.2, 0) is 9.53 Å². The Morgan fingerprint density at radius 2 is 2.09 bits per heavy atom. The molecule has 0 amide bonds. The topological polar surface area (TPSA) is 26.3 Å². The SMILES string of the molecule is CCC(=O)OCCCCCBr. The van der Waals surface area contributed by atoms with Gasteiger partial charge in [-0.15, -0.1) is 0 Å². The highest BCUT2D eigenvalue weighted by molar-refractivity contribution is 9.09. The number of hydrogen-bond acceptors (Lipinski definition) is 2. The summed E-state index contributed by atoms with van der Waals surface area (Å²) in [6, 6.07) is 0. The Balaban J connectivity index is 2.95. The fourth-order valence-corrected chi connectivity index (χ4v) is 1.06. The van der Waals surface area contributed by atoms with E-state index in [1.165, 1.54) is 0 Å². The summed E-state index contributed by atoms with van der Waals surface area (Å²) in [5, 5.41) is 1.04. The minimum atomic E-state index is -0.0937. The molecule has 3 heteroatoms. The van der Waals surface area contributed by atoms with E-state index in [1.54, 1.807) is 6.92 Å². The van der Waals surface area contributed by atoms with E-state index in [1.807, 2.05) is 0 Å². The molecule has 2 nitrogen and oxygen atoms in total. The molecule has 0 fully saturated rings. The number of ether oxygens (including phenoxy) is 1. The number of carbonyl (C=O) groups is 1. The van der Waals surface area contributed by atoms with Crippen molar-refractivity contribution in [2.75, 3.05) is 11.9 Å². The molecule has 0 rings (SSSR count). The van der Waals surface area contributed by atoms with E-state index >= 15 is 0 Å². The molecule has 0 aliphatic rings. The molecule has 0 bridgehead atoms. The zero-order valence-corrected chi connectivity index (χ0v) is 8.52. The molecular formula is C8H15BrO2. The van der Waals surface area contributed by atoms with E-state index in [2.05, 4.69) is 15.9 Å². The summed E-state index contributed by atoms with van der Waals surface area (Å²) < 4.78 is 4.88. The van der Waals surface area contributed by atoms with Crippen molar-refractivity contribution >= 4 is 21.9 Å². The molecular weight excluding hydrogens is 208 g/mol. The van der Waals surface area contributed by atoms with Gasteiger partial charge in [-0.3, -0.25) is 4.79 Å². The van der Waals surface area contributed by atoms with E-state index < -0.39 is 0 Å². The van der Waals surface area contributed by atoms with Crippen LogP contribution in [0.1, 0.15) is 32.6 Å². The minimum absolute atomic E-state index is 0.0937. The van der Waals surface area contributed by atoms with Crippen LogP contribution in [0.4, 0.5) is 0 Å². The summed E-state index contributed by atoms with van der Waals surface area (Å²) in [6.07, 6.45) is 3.75. The van der Waals surface area contributed by atoms with Crippen molar-refractivity contribution in [3.8, 4) is 0 Å². The summed E-state index contributed by atoms with van der Waals surface area (Å²) in [4.78, 5) is 10.6. The lowest BCUT2D eigenvalue weighted by Crippen LogP contribution is -2.03. The number of carbonyl (C=O) groups excluding carboxylic acids is 1. The van der Waals surface area contributed by atoms with Gasteiger partial charge in [-0.1, -0.05) is 22.9 Å². The van der Waals surface area contributed by atoms with Crippen molar-refractivity contribution in [2.24, 2.45) is 0 Å². The average Bonchev–Trinajstić information content (AvgIpc) is 2.04. The van der Waals surface area contributed by atoms with E-state index in [0.29, 0.717) is 13.0 Å². The fraction of sp³-hybridized carbons (Fsp3) is 0.875. The number of rotatable bonds is 6. The van der Waals surface area contributed by atoms with Crippen LogP contribution in [0.3, 0.4) is 0 Å². The number of alkyl halides is 1. The van der Waals surface area contributed by atoms with Crippen LogP contribution >= 0.6 is 15.9 Å². The Kier molecular flexibility index (Phi) is 8.01. The van der Waals surface area contributed by atoms with Gasteiger partial charge in [0, 0.05) is 11.8 Å². The highest BCUT2D eigenvalue weighted by atomic mass is 79.9. The first-order valence-electron chi connectivity index (χ1n) is 4.02. The third-order valence-electron chi connectivity index (χ3n) is 1.33. The highest BCUT2D eigenvalue weighted by Crippen LogP contribution is 1.99. The third kappa shape index (κ3) is 7.85. The van der Waals surface area contributed by atoms with Gasteiger partial charge in [-0.05, 0) is 19.3 Å². The third-order valence-corrected chi connectivity index (χ3v) is 1.89. The van der Waals surface area contributed by atoms with Crippen molar-refractivity contribution in [3.63, 3.8) is 0 Å². The van der Waals surface area contributed by atoms with Crippen LogP contribution in [0.2, 0.25) is 0 Å². The molecule has 0 aliphatic heterocycles. The van der Waals surface area contributed by atoms with Gasteiger partial charge in [0.2, 0.25) is 0 Å². The summed E-state index contributed by atoms with van der Waals surface area (Å²) in [7, 11) is 0. The summed E-state index contributed by atoms with van der Waals surface area (Å²) in [6.45, 7) is 2.39. The lowest BCUT2D eigenvalue weighted by Gasteiger charge is -2.01. The van der Waals surface area contributed by atoms with Crippen LogP contribution in [-0.4, -0.2) is 17.9 Å². The Morgan fingerprint density at radius 3 is 2.64 bits per heavy atom. The smallest absolute Gasteiger partial charge is 0.305 e. The summed E-state index contributed by atoms with van der Waals surface area (Å²) >= 11 is 3.34. The van der Waals surface area contributed by atoms with Gasteiger partial charge in [0.25, 0.3) is 0 Å². The number of hydrogen-bond donors (Lipinski definition) is 0. The zero-order chi connectivity index (χ0) is 8.53. The van der Waals surface area contributed by atoms with Crippen LogP contribution in [0, 0.1) is 0 Å². The van der Waals surface area contributed by atoms with E-state index in [9.17, 15) is 4.79 Å². The van der Waals surface area contributed by atoms with Crippen LogP contribution in [0.25, 0.3) is 0 Å². The second-order valence-electron chi connectivity index (χ2n) is 2.32. The molecule has 0 atom stereocenters. The standard InChI is InChI=1S/C8H15BrO2/c1-2-8(10)11-7-5-3-4-6-9/h2-7H2,1H3. The quantitative estimate of drug-likeness (QED) is 0.393. The Hall–Kier alpha value is -0.0500. The molecule has 0 aromatic rings. The first kappa shape index (κ1) is 11.0. The lowest BCUT2D eigenvalue weighted by atomic mass is 10.3. The van der Waals surface area contributed by atoms with Crippen molar-refractivity contribution in [1.82, 2.24) is 0 Å². The van der Waals surface area contributed by atoms with Gasteiger partial charge in [0.1, 0.15) is 0 Å². The molecule has 0 aromatic carbocycles. The van der Waals surface area contributed by atoms with Crippen LogP contribution in [0.15, 0.2) is 0 Å². The predicted octanol–water partition coefficient (Wildman–Crippen LogP) is 2.50. The molecule has 0 radical (unpaired) electrons. The van der Waals surface area contributed by atoms with Gasteiger partial charge in [-0.2, -0.15) is 0 Å². The number of esters is 1. The van der Waals surface area contributed by atoms with Gasteiger partial charge < -0.3 is 4.74 Å². The normalized spacial score (nSPS) is 9.64. The molecule has 0 aliphatic carbocycles. The van der Waals surface area contributed by atoms with Gasteiger partial charge in [0.05, 0.1) is 6.61 Å². The molecule has 0 unspecified atom stereocenters. The lowest BCUT2D eigenvalue weighted by molar-refractivity contribution is -0.143. The van der Waals surface area contributed by atoms with Crippen molar-refractivity contribution in [3.05, 3.63) is 0 Å². The van der Waals surface area contributed by atoms with Crippen LogP contribution in [0.5, 0.6) is 0 Å². The number of halogens is 1. The molecule has 11 heavy (non-hydrogen) atoms. The first-order chi connectivity index (χ1) is 5.31. The maximum atomic E-state index is 10.6. The molecule has 0 aromatic heterocycles. The van der Waals surface area contributed by atoms with Crippen LogP contribution < -0.4 is 0 Å². The highest BCUT2D eigenvalue weighted by Gasteiger charge is 1.96. The largest absolute Gasteiger partial charge is 0.466 e. The Bertz CT molecular complexity index is 104. The monoisotopic (exact) mass is 222 g/mol. The maximum Gasteiger partial charge on any atom is 0.305 e. The fourth-order valence-electron chi connectivity index (χ4n) is 0.661. The van der Waals surface area contributed by atoms with Crippen molar-refractivity contribution < 1.29 is 9.53 Å². The predicted molar refractivity (Wildman–Crippen MR) is 48.9 cm³/mol. The van der Waals surface area contributed by atoms with E-state index in [4.69, 9.17) is 4.74 Å². The molecule has 0 heterocycles. The molecule has 0 N–H and O–H groups in total.